The van der Waals surface area contributed by atoms with Gasteiger partial charge >= 0.3 is 6.03 Å². The van der Waals surface area contributed by atoms with Crippen molar-refractivity contribution in [3.05, 3.63) is 48.5 Å². The number of nitrogens with zero attached hydrogens (tertiary/aromatic N) is 5. The van der Waals surface area contributed by atoms with Crippen molar-refractivity contribution >= 4 is 11.7 Å². The molecule has 0 unspecified atom stereocenters. The number of carbonyl (C=O) groups excluding carboxylic acids is 1. The molecule has 4 rings (SSSR count). The van der Waals surface area contributed by atoms with Crippen LogP contribution in [0.2, 0.25) is 0 Å². The van der Waals surface area contributed by atoms with Gasteiger partial charge in [0.25, 0.3) is 0 Å². The van der Waals surface area contributed by atoms with Crippen molar-refractivity contribution in [2.75, 3.05) is 11.9 Å². The highest BCUT2D eigenvalue weighted by Gasteiger charge is 2.29. The molecule has 2 aromatic heterocycles. The Morgan fingerprint density at radius 2 is 2.04 bits per heavy atom. The van der Waals surface area contributed by atoms with E-state index in [-0.39, 0.29) is 18.2 Å². The zero-order valence-corrected chi connectivity index (χ0v) is 15.9. The molecule has 1 aliphatic rings. The second kappa shape index (κ2) is 7.81. The molecule has 0 radical (unpaired) electrons. The SMILES string of the molecule is Cn1cc([C@H]2OCCC[C@@H]2NC(=O)Nc2ccc(-c3ncn(C)n3)cc2)cn1. The molecule has 0 saturated carbocycles. The molecule has 9 heteroatoms. The first-order chi connectivity index (χ1) is 13.6. The van der Waals surface area contributed by atoms with E-state index in [2.05, 4.69) is 25.8 Å². The van der Waals surface area contributed by atoms with Gasteiger partial charge in [-0.25, -0.2) is 9.78 Å². The van der Waals surface area contributed by atoms with Gasteiger partial charge in [0.2, 0.25) is 0 Å². The predicted molar refractivity (Wildman–Crippen MR) is 104 cm³/mol. The van der Waals surface area contributed by atoms with E-state index in [9.17, 15) is 4.79 Å². The monoisotopic (exact) mass is 381 g/mol. The van der Waals surface area contributed by atoms with Crippen LogP contribution in [-0.4, -0.2) is 43.2 Å². The first-order valence-corrected chi connectivity index (χ1v) is 9.22. The summed E-state index contributed by atoms with van der Waals surface area (Å²) in [7, 11) is 3.69. The molecule has 2 amide bonds. The molecule has 1 saturated heterocycles. The maximum Gasteiger partial charge on any atom is 0.319 e. The Morgan fingerprint density at radius 1 is 1.21 bits per heavy atom. The van der Waals surface area contributed by atoms with Gasteiger partial charge < -0.3 is 15.4 Å². The van der Waals surface area contributed by atoms with Crippen LogP contribution in [0.15, 0.2) is 43.0 Å². The van der Waals surface area contributed by atoms with Crippen molar-refractivity contribution in [3.8, 4) is 11.4 Å². The fraction of sp³-hybridized carbons (Fsp3) is 0.368. The molecular weight excluding hydrogens is 358 g/mol. The third-order valence-electron chi connectivity index (χ3n) is 4.69. The summed E-state index contributed by atoms with van der Waals surface area (Å²) < 4.78 is 9.29. The standard InChI is InChI=1S/C19H23N7O2/c1-25-11-14(10-21-25)17-16(4-3-9-28-17)23-19(27)22-15-7-5-13(6-8-15)18-20-12-26(2)24-18/h5-8,10-12,16-17H,3-4,9H2,1-2H3,(H2,22,23,27)/t16-,17+/m0/s1. The maximum atomic E-state index is 12.5. The number of benzene rings is 1. The number of carbonyl (C=O) groups is 1. The lowest BCUT2D eigenvalue weighted by Crippen LogP contribution is -2.44. The summed E-state index contributed by atoms with van der Waals surface area (Å²) in [6, 6.07) is 7.07. The van der Waals surface area contributed by atoms with E-state index in [4.69, 9.17) is 4.74 Å². The molecule has 3 aromatic rings. The van der Waals surface area contributed by atoms with Crippen LogP contribution in [0, 0.1) is 0 Å². The van der Waals surface area contributed by atoms with Crippen LogP contribution < -0.4 is 10.6 Å². The topological polar surface area (TPSA) is 98.9 Å². The van der Waals surface area contributed by atoms with Gasteiger partial charge in [-0.15, -0.1) is 0 Å². The zero-order chi connectivity index (χ0) is 19.5. The lowest BCUT2D eigenvalue weighted by Gasteiger charge is -2.31. The average molecular weight is 381 g/mol. The van der Waals surface area contributed by atoms with E-state index in [1.165, 1.54) is 0 Å². The highest BCUT2D eigenvalue weighted by molar-refractivity contribution is 5.89. The first-order valence-electron chi connectivity index (χ1n) is 9.22. The fourth-order valence-corrected chi connectivity index (χ4v) is 3.35. The summed E-state index contributed by atoms with van der Waals surface area (Å²) in [5.74, 6) is 0.650. The Bertz CT molecular complexity index is 947. The number of aryl methyl sites for hydroxylation is 2. The Hall–Kier alpha value is -3.20. The molecule has 0 aliphatic carbocycles. The van der Waals surface area contributed by atoms with Crippen LogP contribution in [0.3, 0.4) is 0 Å². The predicted octanol–water partition coefficient (Wildman–Crippen LogP) is 2.26. The minimum absolute atomic E-state index is 0.102. The van der Waals surface area contributed by atoms with Crippen molar-refractivity contribution in [2.45, 2.75) is 25.0 Å². The largest absolute Gasteiger partial charge is 0.371 e. The number of rotatable bonds is 4. The summed E-state index contributed by atoms with van der Waals surface area (Å²) in [6.45, 7) is 0.683. The lowest BCUT2D eigenvalue weighted by molar-refractivity contribution is -0.00700. The molecule has 1 aliphatic heterocycles. The summed E-state index contributed by atoms with van der Waals surface area (Å²) in [6.07, 6.45) is 6.94. The molecular formula is C19H23N7O2. The summed E-state index contributed by atoms with van der Waals surface area (Å²) in [5.41, 5.74) is 2.57. The van der Waals surface area contributed by atoms with Gasteiger partial charge in [-0.05, 0) is 37.1 Å². The summed E-state index contributed by atoms with van der Waals surface area (Å²) >= 11 is 0. The number of hydrogen-bond acceptors (Lipinski definition) is 5. The number of ether oxygens (including phenoxy) is 1. The molecule has 1 aromatic carbocycles. The molecule has 2 N–H and O–H groups in total. The summed E-state index contributed by atoms with van der Waals surface area (Å²) in [4.78, 5) is 16.7. The van der Waals surface area contributed by atoms with Crippen LogP contribution in [0.4, 0.5) is 10.5 Å². The Balaban J connectivity index is 1.39. The first kappa shape index (κ1) is 18.2. The van der Waals surface area contributed by atoms with Crippen LogP contribution in [0.5, 0.6) is 0 Å². The molecule has 1 fully saturated rings. The number of urea groups is 1. The number of hydrogen-bond donors (Lipinski definition) is 2. The molecule has 0 spiro atoms. The quantitative estimate of drug-likeness (QED) is 0.722. The minimum Gasteiger partial charge on any atom is -0.371 e. The van der Waals surface area contributed by atoms with Crippen LogP contribution >= 0.6 is 0 Å². The number of anilines is 1. The smallest absolute Gasteiger partial charge is 0.319 e. The zero-order valence-electron chi connectivity index (χ0n) is 15.9. The molecule has 0 bridgehead atoms. The van der Waals surface area contributed by atoms with Crippen molar-refractivity contribution in [3.63, 3.8) is 0 Å². The van der Waals surface area contributed by atoms with Gasteiger partial charge in [0.15, 0.2) is 5.82 Å². The van der Waals surface area contributed by atoms with E-state index in [0.717, 1.165) is 24.0 Å². The Labute approximate surface area is 162 Å². The number of amides is 2. The third-order valence-corrected chi connectivity index (χ3v) is 4.69. The van der Waals surface area contributed by atoms with Crippen LogP contribution in [0.1, 0.15) is 24.5 Å². The minimum atomic E-state index is -0.256. The molecule has 9 nitrogen and oxygen atoms in total. The average Bonchev–Trinajstić information content (AvgIpc) is 3.31. The molecule has 28 heavy (non-hydrogen) atoms. The molecule has 3 heterocycles. The van der Waals surface area contributed by atoms with Crippen molar-refractivity contribution in [2.24, 2.45) is 14.1 Å². The lowest BCUT2D eigenvalue weighted by atomic mass is 9.98. The van der Waals surface area contributed by atoms with E-state index >= 15 is 0 Å². The van der Waals surface area contributed by atoms with Gasteiger partial charge in [-0.1, -0.05) is 0 Å². The summed E-state index contributed by atoms with van der Waals surface area (Å²) in [5, 5.41) is 14.4. The van der Waals surface area contributed by atoms with E-state index in [1.807, 2.05) is 44.6 Å². The van der Waals surface area contributed by atoms with E-state index in [1.54, 1.807) is 21.9 Å². The van der Waals surface area contributed by atoms with Gasteiger partial charge in [-0.2, -0.15) is 10.2 Å². The highest BCUT2D eigenvalue weighted by atomic mass is 16.5. The second-order valence-corrected chi connectivity index (χ2v) is 6.91. The second-order valence-electron chi connectivity index (χ2n) is 6.91. The third kappa shape index (κ3) is 4.04. The Morgan fingerprint density at radius 3 is 2.71 bits per heavy atom. The van der Waals surface area contributed by atoms with Crippen LogP contribution in [0.25, 0.3) is 11.4 Å². The highest BCUT2D eigenvalue weighted by Crippen LogP contribution is 2.28. The normalized spacial score (nSPS) is 19.4. The molecule has 2 atom stereocenters. The molecule has 146 valence electrons. The van der Waals surface area contributed by atoms with E-state index in [0.29, 0.717) is 18.1 Å². The van der Waals surface area contributed by atoms with Gasteiger partial charge in [0.1, 0.15) is 12.4 Å². The van der Waals surface area contributed by atoms with E-state index < -0.39 is 0 Å². The number of aromatic nitrogens is 5. The van der Waals surface area contributed by atoms with Gasteiger partial charge in [0.05, 0.1) is 12.2 Å². The Kier molecular flexibility index (Phi) is 5.07. The van der Waals surface area contributed by atoms with Crippen molar-refractivity contribution in [1.82, 2.24) is 29.9 Å². The van der Waals surface area contributed by atoms with Crippen molar-refractivity contribution < 1.29 is 9.53 Å². The van der Waals surface area contributed by atoms with Gasteiger partial charge in [-0.3, -0.25) is 9.36 Å². The van der Waals surface area contributed by atoms with Gasteiger partial charge in [0, 0.05) is 43.7 Å². The maximum absolute atomic E-state index is 12.5. The van der Waals surface area contributed by atoms with Crippen molar-refractivity contribution in [1.29, 1.82) is 0 Å². The fourth-order valence-electron chi connectivity index (χ4n) is 3.35. The number of nitrogens with one attached hydrogen (secondary N) is 2. The van der Waals surface area contributed by atoms with Crippen LogP contribution in [-0.2, 0) is 18.8 Å².